The highest BCUT2D eigenvalue weighted by Gasteiger charge is 2.20. The van der Waals surface area contributed by atoms with E-state index in [0.29, 0.717) is 24.3 Å². The molecule has 0 heterocycles. The van der Waals surface area contributed by atoms with Gasteiger partial charge in [-0.3, -0.25) is 9.71 Å². The minimum absolute atomic E-state index is 0.0103. The average molecular weight is 285 g/mol. The van der Waals surface area contributed by atoms with Crippen LogP contribution in [0.25, 0.3) is 0 Å². The standard InChI is InChI=1S/C12H19N3O3S/c1-15(19(16,17)9-5-8-18-2)11-7-4-3-6-10(11)12(13)14/h3-4,6-7H,5,8-9H2,1-2H3,(H3,13,14). The minimum atomic E-state index is -3.44. The zero-order chi connectivity index (χ0) is 14.5. The Morgan fingerprint density at radius 1 is 1.42 bits per heavy atom. The molecule has 0 amide bonds. The minimum Gasteiger partial charge on any atom is -0.385 e. The molecule has 0 spiro atoms. The van der Waals surface area contributed by atoms with Gasteiger partial charge >= 0.3 is 0 Å². The molecule has 6 nitrogen and oxygen atoms in total. The molecule has 0 aliphatic carbocycles. The van der Waals surface area contributed by atoms with E-state index in [1.807, 2.05) is 0 Å². The lowest BCUT2D eigenvalue weighted by Gasteiger charge is -2.21. The number of hydrogen-bond donors (Lipinski definition) is 2. The first-order valence-corrected chi connectivity index (χ1v) is 7.40. The Labute approximate surface area is 113 Å². The number of para-hydroxylation sites is 1. The number of nitrogens with zero attached hydrogens (tertiary/aromatic N) is 1. The summed E-state index contributed by atoms with van der Waals surface area (Å²) >= 11 is 0. The first kappa shape index (κ1) is 15.5. The number of anilines is 1. The Hall–Kier alpha value is -1.60. The van der Waals surface area contributed by atoms with Crippen molar-refractivity contribution in [1.29, 1.82) is 5.41 Å². The molecule has 3 N–H and O–H groups in total. The topological polar surface area (TPSA) is 96.5 Å². The summed E-state index contributed by atoms with van der Waals surface area (Å²) < 4.78 is 30.3. The molecular weight excluding hydrogens is 266 g/mol. The Morgan fingerprint density at radius 3 is 2.63 bits per heavy atom. The number of methoxy groups -OCH3 is 1. The fourth-order valence-electron chi connectivity index (χ4n) is 1.65. The van der Waals surface area contributed by atoms with E-state index in [-0.39, 0.29) is 11.6 Å². The van der Waals surface area contributed by atoms with Gasteiger partial charge in [-0.15, -0.1) is 0 Å². The second-order valence-electron chi connectivity index (χ2n) is 4.06. The van der Waals surface area contributed by atoms with E-state index in [4.69, 9.17) is 15.9 Å². The van der Waals surface area contributed by atoms with Crippen molar-refractivity contribution in [2.24, 2.45) is 5.73 Å². The molecule has 0 bridgehead atoms. The van der Waals surface area contributed by atoms with E-state index in [1.165, 1.54) is 18.5 Å². The number of amidine groups is 1. The molecule has 1 aromatic rings. The molecule has 0 unspecified atom stereocenters. The fraction of sp³-hybridized carbons (Fsp3) is 0.417. The van der Waals surface area contributed by atoms with E-state index < -0.39 is 10.0 Å². The first-order chi connectivity index (χ1) is 8.90. The number of rotatable bonds is 7. The van der Waals surface area contributed by atoms with Gasteiger partial charge in [-0.05, 0) is 18.6 Å². The van der Waals surface area contributed by atoms with Gasteiger partial charge in [0.05, 0.1) is 11.4 Å². The number of nitrogen functional groups attached to an aromatic ring is 1. The zero-order valence-corrected chi connectivity index (χ0v) is 11.9. The Kier molecular flexibility index (Phi) is 5.31. The number of hydrogen-bond acceptors (Lipinski definition) is 4. The van der Waals surface area contributed by atoms with Crippen LogP contribution in [0.15, 0.2) is 24.3 Å². The Morgan fingerprint density at radius 2 is 2.05 bits per heavy atom. The summed E-state index contributed by atoms with van der Waals surface area (Å²) in [5.74, 6) is -0.168. The van der Waals surface area contributed by atoms with E-state index in [1.54, 1.807) is 24.3 Å². The van der Waals surface area contributed by atoms with Crippen LogP contribution in [-0.2, 0) is 14.8 Å². The largest absolute Gasteiger partial charge is 0.385 e. The van der Waals surface area contributed by atoms with Gasteiger partial charge in [-0.1, -0.05) is 12.1 Å². The molecule has 0 fully saturated rings. The maximum atomic E-state index is 12.1. The van der Waals surface area contributed by atoms with E-state index >= 15 is 0 Å². The van der Waals surface area contributed by atoms with Gasteiger partial charge in [0.2, 0.25) is 10.0 Å². The number of nitrogens with two attached hydrogens (primary N) is 1. The molecule has 0 saturated carbocycles. The maximum absolute atomic E-state index is 12.1. The highest BCUT2D eigenvalue weighted by molar-refractivity contribution is 7.92. The maximum Gasteiger partial charge on any atom is 0.235 e. The lowest BCUT2D eigenvalue weighted by molar-refractivity contribution is 0.199. The average Bonchev–Trinajstić information content (AvgIpc) is 2.38. The molecule has 0 aliphatic heterocycles. The lowest BCUT2D eigenvalue weighted by atomic mass is 10.1. The van der Waals surface area contributed by atoms with Crippen molar-refractivity contribution in [3.05, 3.63) is 29.8 Å². The van der Waals surface area contributed by atoms with E-state index in [9.17, 15) is 8.42 Å². The van der Waals surface area contributed by atoms with Crippen LogP contribution in [0.5, 0.6) is 0 Å². The van der Waals surface area contributed by atoms with Crippen molar-refractivity contribution in [1.82, 2.24) is 0 Å². The third kappa shape index (κ3) is 3.93. The third-order valence-electron chi connectivity index (χ3n) is 2.70. The quantitative estimate of drug-likeness (QED) is 0.439. The van der Waals surface area contributed by atoms with Crippen LogP contribution in [0.4, 0.5) is 5.69 Å². The molecule has 1 rings (SSSR count). The van der Waals surface area contributed by atoms with Crippen LogP contribution >= 0.6 is 0 Å². The van der Waals surface area contributed by atoms with Crippen LogP contribution in [-0.4, -0.2) is 40.8 Å². The second kappa shape index (κ2) is 6.53. The summed E-state index contributed by atoms with van der Waals surface area (Å²) in [6, 6.07) is 6.68. The van der Waals surface area contributed by atoms with Gasteiger partial charge in [-0.2, -0.15) is 0 Å². The van der Waals surface area contributed by atoms with Crippen molar-refractivity contribution in [3.8, 4) is 0 Å². The van der Waals surface area contributed by atoms with Crippen molar-refractivity contribution < 1.29 is 13.2 Å². The summed E-state index contributed by atoms with van der Waals surface area (Å²) in [7, 11) is -0.449. The van der Waals surface area contributed by atoms with Crippen LogP contribution in [0, 0.1) is 5.41 Å². The first-order valence-electron chi connectivity index (χ1n) is 5.79. The van der Waals surface area contributed by atoms with Crippen molar-refractivity contribution in [2.45, 2.75) is 6.42 Å². The molecular formula is C12H19N3O3S. The molecule has 0 aromatic heterocycles. The molecule has 106 valence electrons. The van der Waals surface area contributed by atoms with Crippen LogP contribution < -0.4 is 10.0 Å². The monoisotopic (exact) mass is 285 g/mol. The van der Waals surface area contributed by atoms with Crippen LogP contribution in [0.1, 0.15) is 12.0 Å². The van der Waals surface area contributed by atoms with Crippen molar-refractivity contribution >= 4 is 21.5 Å². The molecule has 19 heavy (non-hydrogen) atoms. The predicted molar refractivity (Wildman–Crippen MR) is 76.1 cm³/mol. The van der Waals surface area contributed by atoms with Crippen molar-refractivity contribution in [2.75, 3.05) is 30.8 Å². The molecule has 0 radical (unpaired) electrons. The summed E-state index contributed by atoms with van der Waals surface area (Å²) in [5.41, 5.74) is 6.27. The number of sulfonamides is 1. The lowest BCUT2D eigenvalue weighted by Crippen LogP contribution is -2.31. The van der Waals surface area contributed by atoms with Gasteiger partial charge in [0.25, 0.3) is 0 Å². The van der Waals surface area contributed by atoms with Gasteiger partial charge < -0.3 is 10.5 Å². The fourth-order valence-corrected chi connectivity index (χ4v) is 2.86. The van der Waals surface area contributed by atoms with Gasteiger partial charge in [0.15, 0.2) is 0 Å². The zero-order valence-electron chi connectivity index (χ0n) is 11.1. The Bertz CT molecular complexity index is 543. The Balaban J connectivity index is 2.99. The van der Waals surface area contributed by atoms with Crippen LogP contribution in [0.3, 0.4) is 0 Å². The number of benzene rings is 1. The summed E-state index contributed by atoms with van der Waals surface area (Å²) in [5, 5.41) is 7.48. The second-order valence-corrected chi connectivity index (χ2v) is 6.18. The number of nitrogens with one attached hydrogen (secondary N) is 1. The highest BCUT2D eigenvalue weighted by Crippen LogP contribution is 2.21. The van der Waals surface area contributed by atoms with Crippen LogP contribution in [0.2, 0.25) is 0 Å². The molecule has 0 atom stereocenters. The van der Waals surface area contributed by atoms with Gasteiger partial charge in [0, 0.05) is 26.3 Å². The molecule has 1 aromatic carbocycles. The third-order valence-corrected chi connectivity index (χ3v) is 4.54. The molecule has 7 heteroatoms. The normalized spacial score (nSPS) is 11.3. The van der Waals surface area contributed by atoms with E-state index in [2.05, 4.69) is 0 Å². The van der Waals surface area contributed by atoms with Crippen molar-refractivity contribution in [3.63, 3.8) is 0 Å². The molecule has 0 saturated heterocycles. The number of ether oxygens (including phenoxy) is 1. The van der Waals surface area contributed by atoms with Gasteiger partial charge in [0.1, 0.15) is 5.84 Å². The van der Waals surface area contributed by atoms with Gasteiger partial charge in [-0.25, -0.2) is 8.42 Å². The summed E-state index contributed by atoms with van der Waals surface area (Å²) in [6.45, 7) is 0.390. The molecule has 0 aliphatic rings. The highest BCUT2D eigenvalue weighted by atomic mass is 32.2. The summed E-state index contributed by atoms with van der Waals surface area (Å²) in [6.07, 6.45) is 0.422. The van der Waals surface area contributed by atoms with E-state index in [0.717, 1.165) is 0 Å². The smallest absolute Gasteiger partial charge is 0.235 e. The summed E-state index contributed by atoms with van der Waals surface area (Å²) in [4.78, 5) is 0. The SMILES string of the molecule is COCCCS(=O)(=O)N(C)c1ccccc1C(=N)N. The predicted octanol–water partition coefficient (Wildman–Crippen LogP) is 0.773.